The molecule has 7 nitrogen and oxygen atoms in total. The fourth-order valence-corrected chi connectivity index (χ4v) is 2.40. The Kier molecular flexibility index (Phi) is 5.30. The van der Waals surface area contributed by atoms with E-state index in [4.69, 9.17) is 0 Å². The molecule has 24 heavy (non-hydrogen) atoms. The predicted octanol–water partition coefficient (Wildman–Crippen LogP) is 3.31. The van der Waals surface area contributed by atoms with Gasteiger partial charge in [0.25, 0.3) is 17.5 Å². The molecule has 0 fully saturated rings. The molecule has 0 aliphatic heterocycles. The summed E-state index contributed by atoms with van der Waals surface area (Å²) in [4.78, 5) is 36.3. The van der Waals surface area contributed by atoms with Gasteiger partial charge in [-0.1, -0.05) is 12.1 Å². The van der Waals surface area contributed by atoms with Crippen LogP contribution in [0.25, 0.3) is 0 Å². The number of anilines is 1. The quantitative estimate of drug-likeness (QED) is 0.638. The molecule has 0 radical (unpaired) electrons. The van der Waals surface area contributed by atoms with Crippen molar-refractivity contribution in [2.75, 3.05) is 19.4 Å². The van der Waals surface area contributed by atoms with Crippen molar-refractivity contribution in [1.82, 2.24) is 4.90 Å². The Morgan fingerprint density at radius 2 is 1.83 bits per heavy atom. The third-order valence-electron chi connectivity index (χ3n) is 3.22. The highest BCUT2D eigenvalue weighted by molar-refractivity contribution is 9.10. The lowest BCUT2D eigenvalue weighted by Gasteiger charge is -2.14. The summed E-state index contributed by atoms with van der Waals surface area (Å²) in [5.74, 6) is -0.794. The van der Waals surface area contributed by atoms with Gasteiger partial charge in [0.1, 0.15) is 0 Å². The molecule has 0 heterocycles. The van der Waals surface area contributed by atoms with Crippen LogP contribution in [0.1, 0.15) is 20.7 Å². The molecule has 2 amide bonds. The van der Waals surface area contributed by atoms with Crippen molar-refractivity contribution >= 4 is 39.1 Å². The minimum Gasteiger partial charge on any atom is -0.345 e. The number of carbonyl (C=O) groups is 2. The van der Waals surface area contributed by atoms with E-state index in [1.165, 1.54) is 23.1 Å². The standard InChI is InChI=1S/C16H14BrN3O4/c1-19(2)16(22)11-5-3-4-6-13(11)18-15(21)10-7-8-12(17)14(9-10)20(23)24/h3-9H,1-2H3,(H,18,21). The second-order valence-corrected chi connectivity index (χ2v) is 5.98. The first kappa shape index (κ1) is 17.6. The van der Waals surface area contributed by atoms with Gasteiger partial charge < -0.3 is 10.2 Å². The first-order valence-electron chi connectivity index (χ1n) is 6.87. The normalized spacial score (nSPS) is 10.1. The zero-order valence-electron chi connectivity index (χ0n) is 12.9. The van der Waals surface area contributed by atoms with E-state index in [0.29, 0.717) is 11.3 Å². The second kappa shape index (κ2) is 7.22. The molecule has 0 spiro atoms. The van der Waals surface area contributed by atoms with E-state index >= 15 is 0 Å². The minimum absolute atomic E-state index is 0.122. The van der Waals surface area contributed by atoms with Crippen LogP contribution in [-0.4, -0.2) is 35.7 Å². The largest absolute Gasteiger partial charge is 0.345 e. The van der Waals surface area contributed by atoms with Gasteiger partial charge in [-0.2, -0.15) is 0 Å². The van der Waals surface area contributed by atoms with Gasteiger partial charge >= 0.3 is 0 Å². The average molecular weight is 392 g/mol. The molecule has 0 bridgehead atoms. The van der Waals surface area contributed by atoms with Crippen LogP contribution in [0.2, 0.25) is 0 Å². The number of rotatable bonds is 4. The van der Waals surface area contributed by atoms with Gasteiger partial charge in [0.2, 0.25) is 0 Å². The first-order chi connectivity index (χ1) is 11.3. The van der Waals surface area contributed by atoms with Gasteiger partial charge in [-0.05, 0) is 40.2 Å². The number of nitrogens with one attached hydrogen (secondary N) is 1. The number of hydrogen-bond donors (Lipinski definition) is 1. The van der Waals surface area contributed by atoms with Crippen LogP contribution in [0.4, 0.5) is 11.4 Å². The Labute approximate surface area is 146 Å². The Balaban J connectivity index is 2.33. The third-order valence-corrected chi connectivity index (χ3v) is 3.89. The molecule has 8 heteroatoms. The van der Waals surface area contributed by atoms with Crippen LogP contribution in [0.15, 0.2) is 46.9 Å². The van der Waals surface area contributed by atoms with Crippen LogP contribution >= 0.6 is 15.9 Å². The molecule has 2 aromatic rings. The minimum atomic E-state index is -0.579. The third kappa shape index (κ3) is 3.77. The van der Waals surface area contributed by atoms with Crippen molar-refractivity contribution < 1.29 is 14.5 Å². The SMILES string of the molecule is CN(C)C(=O)c1ccccc1NC(=O)c1ccc(Br)c([N+](=O)[O-])c1. The highest BCUT2D eigenvalue weighted by Crippen LogP contribution is 2.26. The molecule has 2 aromatic carbocycles. The topological polar surface area (TPSA) is 92.6 Å². The Morgan fingerprint density at radius 1 is 1.17 bits per heavy atom. The monoisotopic (exact) mass is 391 g/mol. The number of carbonyl (C=O) groups excluding carboxylic acids is 2. The fourth-order valence-electron chi connectivity index (χ4n) is 2.01. The summed E-state index contributed by atoms with van der Waals surface area (Å²) < 4.78 is 0.284. The van der Waals surface area contributed by atoms with Crippen molar-refractivity contribution in [2.24, 2.45) is 0 Å². The Hall–Kier alpha value is -2.74. The van der Waals surface area contributed by atoms with Crippen molar-refractivity contribution in [3.8, 4) is 0 Å². The van der Waals surface area contributed by atoms with Gasteiger partial charge in [-0.25, -0.2) is 0 Å². The molecule has 0 unspecified atom stereocenters. The van der Waals surface area contributed by atoms with E-state index in [-0.39, 0.29) is 21.6 Å². The zero-order valence-corrected chi connectivity index (χ0v) is 14.5. The highest BCUT2D eigenvalue weighted by Gasteiger charge is 2.18. The summed E-state index contributed by atoms with van der Waals surface area (Å²) in [5.41, 5.74) is 0.589. The van der Waals surface area contributed by atoms with Crippen molar-refractivity contribution in [3.05, 3.63) is 68.2 Å². The van der Waals surface area contributed by atoms with E-state index < -0.39 is 10.8 Å². The van der Waals surface area contributed by atoms with Crippen molar-refractivity contribution in [1.29, 1.82) is 0 Å². The smallest absolute Gasteiger partial charge is 0.284 e. The summed E-state index contributed by atoms with van der Waals surface area (Å²) in [5, 5.41) is 13.6. The van der Waals surface area contributed by atoms with E-state index in [2.05, 4.69) is 21.2 Å². The number of para-hydroxylation sites is 1. The van der Waals surface area contributed by atoms with Gasteiger partial charge in [0.15, 0.2) is 0 Å². The lowest BCUT2D eigenvalue weighted by molar-refractivity contribution is -0.385. The van der Waals surface area contributed by atoms with Crippen LogP contribution in [-0.2, 0) is 0 Å². The number of hydrogen-bond acceptors (Lipinski definition) is 4. The number of benzene rings is 2. The van der Waals surface area contributed by atoms with Crippen LogP contribution in [0, 0.1) is 10.1 Å². The maximum atomic E-state index is 12.4. The van der Waals surface area contributed by atoms with Crippen LogP contribution in [0.3, 0.4) is 0 Å². The van der Waals surface area contributed by atoms with Gasteiger partial charge in [-0.15, -0.1) is 0 Å². The van der Waals surface area contributed by atoms with Crippen LogP contribution < -0.4 is 5.32 Å². The lowest BCUT2D eigenvalue weighted by atomic mass is 10.1. The Bertz CT molecular complexity index is 821. The fraction of sp³-hybridized carbons (Fsp3) is 0.125. The number of halogens is 1. The number of nitro groups is 1. The number of amides is 2. The maximum Gasteiger partial charge on any atom is 0.284 e. The molecule has 0 atom stereocenters. The van der Waals surface area contributed by atoms with E-state index in [9.17, 15) is 19.7 Å². The summed E-state index contributed by atoms with van der Waals surface area (Å²) in [6.45, 7) is 0. The summed E-state index contributed by atoms with van der Waals surface area (Å²) >= 11 is 3.07. The molecular weight excluding hydrogens is 378 g/mol. The second-order valence-electron chi connectivity index (χ2n) is 5.12. The van der Waals surface area contributed by atoms with Crippen molar-refractivity contribution in [2.45, 2.75) is 0 Å². The van der Waals surface area contributed by atoms with E-state index in [1.807, 2.05) is 0 Å². The summed E-state index contributed by atoms with van der Waals surface area (Å²) in [6, 6.07) is 10.6. The number of nitro benzene ring substituents is 1. The first-order valence-corrected chi connectivity index (χ1v) is 7.66. The number of nitrogens with zero attached hydrogens (tertiary/aromatic N) is 2. The molecule has 0 aliphatic carbocycles. The molecule has 2 rings (SSSR count). The van der Waals surface area contributed by atoms with Crippen LogP contribution in [0.5, 0.6) is 0 Å². The lowest BCUT2D eigenvalue weighted by Crippen LogP contribution is -2.24. The van der Waals surface area contributed by atoms with Gasteiger partial charge in [-0.3, -0.25) is 19.7 Å². The molecule has 0 aliphatic rings. The van der Waals surface area contributed by atoms with E-state index in [1.54, 1.807) is 38.4 Å². The Morgan fingerprint density at radius 3 is 2.46 bits per heavy atom. The average Bonchev–Trinajstić information content (AvgIpc) is 2.54. The van der Waals surface area contributed by atoms with Gasteiger partial charge in [0, 0.05) is 25.7 Å². The molecule has 1 N–H and O–H groups in total. The molecule has 0 saturated carbocycles. The van der Waals surface area contributed by atoms with E-state index in [0.717, 1.165) is 0 Å². The highest BCUT2D eigenvalue weighted by atomic mass is 79.9. The zero-order chi connectivity index (χ0) is 17.9. The molecule has 0 saturated heterocycles. The molecule has 124 valence electrons. The van der Waals surface area contributed by atoms with Gasteiger partial charge in [0.05, 0.1) is 20.6 Å². The maximum absolute atomic E-state index is 12.4. The van der Waals surface area contributed by atoms with Crippen molar-refractivity contribution in [3.63, 3.8) is 0 Å². The predicted molar refractivity (Wildman–Crippen MR) is 93.2 cm³/mol. The summed E-state index contributed by atoms with van der Waals surface area (Å²) in [6.07, 6.45) is 0. The molecular formula is C16H14BrN3O4. The molecule has 0 aromatic heterocycles. The summed E-state index contributed by atoms with van der Waals surface area (Å²) in [7, 11) is 3.22.